The molecule has 0 aromatic carbocycles. The lowest BCUT2D eigenvalue weighted by Gasteiger charge is -2.22. The number of sulfonamides is 1. The Balaban J connectivity index is 1.78. The molecule has 1 amide bonds. The zero-order valence-corrected chi connectivity index (χ0v) is 15.9. The van der Waals surface area contributed by atoms with Gasteiger partial charge in [-0.1, -0.05) is 0 Å². The molecule has 10 heteroatoms. The van der Waals surface area contributed by atoms with Crippen LogP contribution in [0.4, 0.5) is 0 Å². The van der Waals surface area contributed by atoms with Gasteiger partial charge in [-0.15, -0.1) is 0 Å². The summed E-state index contributed by atoms with van der Waals surface area (Å²) in [5.74, 6) is -0.425. The highest BCUT2D eigenvalue weighted by atomic mass is 32.2. The number of aromatic nitrogens is 1. The molecule has 1 N–H and O–H groups in total. The maximum Gasteiger partial charge on any atom is 0.354 e. The van der Waals surface area contributed by atoms with E-state index in [0.29, 0.717) is 18.6 Å². The average Bonchev–Trinajstić information content (AvgIpc) is 3.38. The maximum absolute atomic E-state index is 13.0. The summed E-state index contributed by atoms with van der Waals surface area (Å²) in [4.78, 5) is 24.2. The Bertz CT molecular complexity index is 932. The minimum Gasteiger partial charge on any atom is -0.467 e. The number of rotatable bonds is 6. The number of carbonyl (C=O) groups is 2. The predicted octanol–water partition coefficient (Wildman–Crippen LogP) is 0.874. The van der Waals surface area contributed by atoms with Crippen LogP contribution in [0.15, 0.2) is 40.0 Å². The molecule has 1 atom stereocenters. The van der Waals surface area contributed by atoms with Gasteiger partial charge in [0, 0.05) is 19.8 Å². The van der Waals surface area contributed by atoms with E-state index in [2.05, 4.69) is 10.1 Å². The van der Waals surface area contributed by atoms with Gasteiger partial charge in [-0.2, -0.15) is 4.31 Å². The summed E-state index contributed by atoms with van der Waals surface area (Å²) in [6.07, 6.45) is 3.86. The third kappa shape index (κ3) is 3.76. The number of esters is 1. The fourth-order valence-corrected chi connectivity index (χ4v) is 4.84. The lowest BCUT2D eigenvalue weighted by atomic mass is 10.2. The first-order chi connectivity index (χ1) is 12.8. The van der Waals surface area contributed by atoms with Crippen LogP contribution < -0.4 is 5.32 Å². The SMILES string of the molecule is COC(=O)c1cc(S(=O)(=O)N2CCC[C@@H]2C(=O)NCc2ccco2)cn1C. The highest BCUT2D eigenvalue weighted by molar-refractivity contribution is 7.89. The number of furan rings is 1. The lowest BCUT2D eigenvalue weighted by molar-refractivity contribution is -0.124. The van der Waals surface area contributed by atoms with Gasteiger partial charge in [-0.25, -0.2) is 13.2 Å². The molecule has 1 saturated heterocycles. The Morgan fingerprint density at radius 1 is 1.41 bits per heavy atom. The van der Waals surface area contributed by atoms with Crippen LogP contribution in [0.25, 0.3) is 0 Å². The zero-order valence-electron chi connectivity index (χ0n) is 15.0. The highest BCUT2D eigenvalue weighted by Gasteiger charge is 2.40. The van der Waals surface area contributed by atoms with Gasteiger partial charge in [-0.05, 0) is 31.0 Å². The molecule has 0 spiro atoms. The number of hydrogen-bond donors (Lipinski definition) is 1. The van der Waals surface area contributed by atoms with Crippen LogP contribution in [-0.4, -0.2) is 48.9 Å². The average molecular weight is 395 g/mol. The van der Waals surface area contributed by atoms with Crippen LogP contribution in [0.2, 0.25) is 0 Å². The van der Waals surface area contributed by atoms with Crippen molar-refractivity contribution >= 4 is 21.9 Å². The van der Waals surface area contributed by atoms with Gasteiger partial charge < -0.3 is 19.0 Å². The third-order valence-corrected chi connectivity index (χ3v) is 6.38. The number of carbonyl (C=O) groups excluding carboxylic acids is 2. The minimum absolute atomic E-state index is 0.0452. The fourth-order valence-electron chi connectivity index (χ4n) is 3.11. The van der Waals surface area contributed by atoms with E-state index in [1.807, 2.05) is 0 Å². The van der Waals surface area contributed by atoms with Crippen molar-refractivity contribution in [2.24, 2.45) is 7.05 Å². The minimum atomic E-state index is -3.93. The number of nitrogens with one attached hydrogen (secondary N) is 1. The van der Waals surface area contributed by atoms with E-state index in [1.54, 1.807) is 19.2 Å². The van der Waals surface area contributed by atoms with E-state index in [-0.39, 0.29) is 29.6 Å². The lowest BCUT2D eigenvalue weighted by Crippen LogP contribution is -2.45. The normalized spacial score (nSPS) is 17.8. The molecule has 2 aromatic rings. The molecular weight excluding hydrogens is 374 g/mol. The third-order valence-electron chi connectivity index (χ3n) is 4.50. The highest BCUT2D eigenvalue weighted by Crippen LogP contribution is 2.27. The van der Waals surface area contributed by atoms with Crippen molar-refractivity contribution in [2.75, 3.05) is 13.7 Å². The number of methoxy groups -OCH3 is 1. The van der Waals surface area contributed by atoms with Crippen molar-refractivity contribution in [1.29, 1.82) is 0 Å². The molecular formula is C17H21N3O6S. The first-order valence-corrected chi connectivity index (χ1v) is 9.85. The van der Waals surface area contributed by atoms with Crippen molar-refractivity contribution in [3.8, 4) is 0 Å². The molecule has 9 nitrogen and oxygen atoms in total. The van der Waals surface area contributed by atoms with Crippen LogP contribution in [0, 0.1) is 0 Å². The predicted molar refractivity (Wildman–Crippen MR) is 94.2 cm³/mol. The smallest absolute Gasteiger partial charge is 0.354 e. The Morgan fingerprint density at radius 2 is 2.19 bits per heavy atom. The van der Waals surface area contributed by atoms with Crippen molar-refractivity contribution < 1.29 is 27.2 Å². The standard InChI is InChI=1S/C17H21N3O6S/c1-19-11-13(9-15(19)17(22)25-2)27(23,24)20-7-3-6-14(20)16(21)18-10-12-5-4-8-26-12/h4-5,8-9,11,14H,3,6-7,10H2,1-2H3,(H,18,21)/t14-/m1/s1. The van der Waals surface area contributed by atoms with E-state index >= 15 is 0 Å². The van der Waals surface area contributed by atoms with Gasteiger partial charge in [0.05, 0.1) is 19.9 Å². The summed E-state index contributed by atoms with van der Waals surface area (Å²) < 4.78 is 38.4. The number of amides is 1. The molecule has 146 valence electrons. The number of aryl methyl sites for hydroxylation is 1. The van der Waals surface area contributed by atoms with Crippen molar-refractivity contribution in [2.45, 2.75) is 30.3 Å². The second kappa shape index (κ2) is 7.57. The quantitative estimate of drug-likeness (QED) is 0.727. The Hall–Kier alpha value is -2.59. The summed E-state index contributed by atoms with van der Waals surface area (Å²) in [7, 11) is -1.14. The Morgan fingerprint density at radius 3 is 2.85 bits per heavy atom. The van der Waals surface area contributed by atoms with Gasteiger partial charge in [-0.3, -0.25) is 4.79 Å². The van der Waals surface area contributed by atoms with Crippen LogP contribution >= 0.6 is 0 Å². The molecule has 3 heterocycles. The van der Waals surface area contributed by atoms with E-state index in [4.69, 9.17) is 4.42 Å². The topological polar surface area (TPSA) is 111 Å². The summed E-state index contributed by atoms with van der Waals surface area (Å²) >= 11 is 0. The number of hydrogen-bond acceptors (Lipinski definition) is 6. The molecule has 1 aliphatic rings. The van der Waals surface area contributed by atoms with Crippen LogP contribution in [0.1, 0.15) is 29.1 Å². The molecule has 27 heavy (non-hydrogen) atoms. The Kier molecular flexibility index (Phi) is 5.38. The van der Waals surface area contributed by atoms with Crippen molar-refractivity contribution in [1.82, 2.24) is 14.2 Å². The van der Waals surface area contributed by atoms with Crippen LogP contribution in [0.3, 0.4) is 0 Å². The largest absolute Gasteiger partial charge is 0.467 e. The molecule has 0 saturated carbocycles. The summed E-state index contributed by atoms with van der Waals surface area (Å²) in [5.41, 5.74) is 0.120. The fraction of sp³-hybridized carbons (Fsp3) is 0.412. The van der Waals surface area contributed by atoms with Gasteiger partial charge in [0.1, 0.15) is 22.4 Å². The summed E-state index contributed by atoms with van der Waals surface area (Å²) in [6.45, 7) is 0.428. The van der Waals surface area contributed by atoms with E-state index < -0.39 is 22.0 Å². The van der Waals surface area contributed by atoms with Gasteiger partial charge >= 0.3 is 5.97 Å². The molecule has 0 aliphatic carbocycles. The van der Waals surface area contributed by atoms with E-state index in [1.165, 1.54) is 34.5 Å². The van der Waals surface area contributed by atoms with Crippen LogP contribution in [0.5, 0.6) is 0 Å². The molecule has 0 unspecified atom stereocenters. The molecule has 3 rings (SSSR count). The number of ether oxygens (including phenoxy) is 1. The van der Waals surface area contributed by atoms with E-state index in [9.17, 15) is 18.0 Å². The summed E-state index contributed by atoms with van der Waals surface area (Å²) in [5, 5.41) is 2.71. The first-order valence-electron chi connectivity index (χ1n) is 8.41. The second-order valence-corrected chi connectivity index (χ2v) is 8.13. The first kappa shape index (κ1) is 19.2. The van der Waals surface area contributed by atoms with Gasteiger partial charge in [0.25, 0.3) is 0 Å². The second-order valence-electron chi connectivity index (χ2n) is 6.23. The molecule has 2 aromatic heterocycles. The maximum atomic E-state index is 13.0. The zero-order chi connectivity index (χ0) is 19.6. The summed E-state index contributed by atoms with van der Waals surface area (Å²) in [6, 6.07) is 3.90. The molecule has 0 bridgehead atoms. The van der Waals surface area contributed by atoms with Crippen molar-refractivity contribution in [3.63, 3.8) is 0 Å². The van der Waals surface area contributed by atoms with Crippen molar-refractivity contribution in [3.05, 3.63) is 42.1 Å². The molecule has 0 radical (unpaired) electrons. The van der Waals surface area contributed by atoms with Crippen LogP contribution in [-0.2, 0) is 33.1 Å². The monoisotopic (exact) mass is 395 g/mol. The Labute approximate surface area is 156 Å². The molecule has 1 aliphatic heterocycles. The molecule has 1 fully saturated rings. The van der Waals surface area contributed by atoms with Gasteiger partial charge in [0.15, 0.2) is 0 Å². The van der Waals surface area contributed by atoms with E-state index in [0.717, 1.165) is 0 Å². The van der Waals surface area contributed by atoms with Gasteiger partial charge in [0.2, 0.25) is 15.9 Å². The number of nitrogens with zero attached hydrogens (tertiary/aromatic N) is 2.